The Morgan fingerprint density at radius 1 is 1.31 bits per heavy atom. The van der Waals surface area contributed by atoms with Crippen LogP contribution in [0, 0.1) is 0 Å². The fourth-order valence-electron chi connectivity index (χ4n) is 5.06. The summed E-state index contributed by atoms with van der Waals surface area (Å²) in [5.74, 6) is 1.24. The van der Waals surface area contributed by atoms with E-state index in [1.807, 2.05) is 23.9 Å². The number of halogens is 1. The Hall–Kier alpha value is -1.54. The molecule has 32 heavy (non-hydrogen) atoms. The summed E-state index contributed by atoms with van der Waals surface area (Å²) < 4.78 is 0. The van der Waals surface area contributed by atoms with Crippen LogP contribution < -0.4 is 10.6 Å². The van der Waals surface area contributed by atoms with Crippen LogP contribution in [-0.2, 0) is 4.79 Å². The highest BCUT2D eigenvalue weighted by Gasteiger charge is 2.25. The lowest BCUT2D eigenvalue weighted by molar-refractivity contribution is -0.120. The molecule has 1 saturated carbocycles. The number of benzene rings is 1. The van der Waals surface area contributed by atoms with E-state index < -0.39 is 0 Å². The van der Waals surface area contributed by atoms with Gasteiger partial charge in [-0.05, 0) is 44.4 Å². The number of thioether (sulfide) groups is 1. The summed E-state index contributed by atoms with van der Waals surface area (Å²) in [6, 6.07) is 7.10. The minimum atomic E-state index is -0.0222. The summed E-state index contributed by atoms with van der Waals surface area (Å²) in [6.07, 6.45) is 6.09. The van der Waals surface area contributed by atoms with E-state index in [2.05, 4.69) is 26.6 Å². The van der Waals surface area contributed by atoms with E-state index in [4.69, 9.17) is 16.6 Å². The Bertz CT molecular complexity index is 1020. The third-order valence-corrected chi connectivity index (χ3v) is 8.25. The number of anilines is 1. The van der Waals surface area contributed by atoms with E-state index in [0.29, 0.717) is 12.1 Å². The third kappa shape index (κ3) is 5.01. The van der Waals surface area contributed by atoms with Gasteiger partial charge in [-0.2, -0.15) is 0 Å². The first-order valence-electron chi connectivity index (χ1n) is 11.8. The van der Waals surface area contributed by atoms with Crippen molar-refractivity contribution in [1.29, 1.82) is 0 Å². The SMILES string of the molecule is CC(=O)C1CN(CCC2CSC(c3cc4cc(Cl)cc(NC5CCCC5)c4[nH]3)=N2)CCN1. The van der Waals surface area contributed by atoms with Gasteiger partial charge in [-0.15, -0.1) is 11.8 Å². The van der Waals surface area contributed by atoms with Crippen molar-refractivity contribution in [2.24, 2.45) is 4.99 Å². The number of aromatic nitrogens is 1. The van der Waals surface area contributed by atoms with Crippen LogP contribution in [0.1, 0.15) is 44.7 Å². The number of H-pyrrole nitrogens is 1. The fourth-order valence-corrected chi connectivity index (χ4v) is 6.36. The van der Waals surface area contributed by atoms with Crippen LogP contribution in [0.15, 0.2) is 23.2 Å². The molecule has 2 aliphatic heterocycles. The molecule has 0 radical (unpaired) electrons. The van der Waals surface area contributed by atoms with E-state index >= 15 is 0 Å². The molecule has 1 aromatic carbocycles. The summed E-state index contributed by atoms with van der Waals surface area (Å²) in [7, 11) is 0. The van der Waals surface area contributed by atoms with Gasteiger partial charge in [0.1, 0.15) is 10.8 Å². The summed E-state index contributed by atoms with van der Waals surface area (Å²) >= 11 is 8.26. The molecule has 3 N–H and O–H groups in total. The van der Waals surface area contributed by atoms with Crippen LogP contribution in [0.3, 0.4) is 0 Å². The van der Waals surface area contributed by atoms with Gasteiger partial charge >= 0.3 is 0 Å². The summed E-state index contributed by atoms with van der Waals surface area (Å²) in [6.45, 7) is 5.36. The molecule has 1 saturated heterocycles. The van der Waals surface area contributed by atoms with Crippen molar-refractivity contribution >= 4 is 50.8 Å². The highest BCUT2D eigenvalue weighted by Crippen LogP contribution is 2.33. The van der Waals surface area contributed by atoms with Crippen LogP contribution in [0.5, 0.6) is 0 Å². The number of hydrogen-bond donors (Lipinski definition) is 3. The van der Waals surface area contributed by atoms with Gasteiger partial charge in [-0.3, -0.25) is 14.7 Å². The first-order chi connectivity index (χ1) is 15.5. The van der Waals surface area contributed by atoms with Gasteiger partial charge in [0.15, 0.2) is 0 Å². The van der Waals surface area contributed by atoms with Crippen molar-refractivity contribution in [3.8, 4) is 0 Å². The van der Waals surface area contributed by atoms with Gasteiger partial charge in [0.2, 0.25) is 0 Å². The average molecular weight is 474 g/mol. The summed E-state index contributed by atoms with van der Waals surface area (Å²) in [4.78, 5) is 22.7. The molecule has 2 unspecified atom stereocenters. The van der Waals surface area contributed by atoms with Crippen LogP contribution in [0.4, 0.5) is 5.69 Å². The van der Waals surface area contributed by atoms with Crippen molar-refractivity contribution in [3.05, 3.63) is 28.9 Å². The van der Waals surface area contributed by atoms with Gasteiger partial charge in [-0.1, -0.05) is 24.4 Å². The van der Waals surface area contributed by atoms with Gasteiger partial charge in [-0.25, -0.2) is 0 Å². The molecule has 3 heterocycles. The molecular formula is C24H32ClN5OS. The van der Waals surface area contributed by atoms with Crippen molar-refractivity contribution in [1.82, 2.24) is 15.2 Å². The number of aliphatic imine (C=N–C) groups is 1. The molecular weight excluding hydrogens is 442 g/mol. The van der Waals surface area contributed by atoms with Gasteiger partial charge in [0, 0.05) is 48.4 Å². The molecule has 0 amide bonds. The van der Waals surface area contributed by atoms with E-state index in [9.17, 15) is 4.79 Å². The molecule has 1 aromatic heterocycles. The average Bonchev–Trinajstić information content (AvgIpc) is 3.53. The minimum absolute atomic E-state index is 0.0222. The zero-order valence-electron chi connectivity index (χ0n) is 18.6. The maximum absolute atomic E-state index is 11.7. The number of piperazine rings is 1. The molecule has 2 atom stereocenters. The number of hydrogen-bond acceptors (Lipinski definition) is 6. The Kier molecular flexibility index (Phi) is 6.79. The Labute approximate surface area is 198 Å². The van der Waals surface area contributed by atoms with Crippen molar-refractivity contribution in [3.63, 3.8) is 0 Å². The van der Waals surface area contributed by atoms with Gasteiger partial charge in [0.25, 0.3) is 0 Å². The minimum Gasteiger partial charge on any atom is -0.381 e. The number of fused-ring (bicyclic) bond motifs is 1. The standard InChI is InChI=1S/C24H32ClN5OS/c1-15(31)22-13-30(9-7-26-22)8-6-19-14-32-24(28-19)21-11-16-10-17(25)12-20(23(16)29-21)27-18-4-2-3-5-18/h10-12,18-19,22,26-27,29H,2-9,13-14H2,1H3. The lowest BCUT2D eigenvalue weighted by atomic mass is 10.1. The smallest absolute Gasteiger partial charge is 0.147 e. The molecule has 8 heteroatoms. The monoisotopic (exact) mass is 473 g/mol. The number of carbonyl (C=O) groups is 1. The van der Waals surface area contributed by atoms with Crippen molar-refractivity contribution in [2.45, 2.75) is 57.2 Å². The number of carbonyl (C=O) groups excluding carboxylic acids is 1. The maximum atomic E-state index is 11.7. The maximum Gasteiger partial charge on any atom is 0.147 e. The van der Waals surface area contributed by atoms with Crippen molar-refractivity contribution in [2.75, 3.05) is 37.2 Å². The quantitative estimate of drug-likeness (QED) is 0.559. The van der Waals surface area contributed by atoms with Crippen molar-refractivity contribution < 1.29 is 4.79 Å². The summed E-state index contributed by atoms with van der Waals surface area (Å²) in [5, 5.41) is 10.0. The zero-order valence-corrected chi connectivity index (χ0v) is 20.2. The summed E-state index contributed by atoms with van der Waals surface area (Å²) in [5.41, 5.74) is 3.31. The predicted molar refractivity (Wildman–Crippen MR) is 135 cm³/mol. The Morgan fingerprint density at radius 3 is 2.97 bits per heavy atom. The molecule has 0 bridgehead atoms. The number of ketones is 1. The largest absolute Gasteiger partial charge is 0.381 e. The van der Waals surface area contributed by atoms with E-state index in [0.717, 1.165) is 70.7 Å². The lowest BCUT2D eigenvalue weighted by Crippen LogP contribution is -2.53. The number of nitrogens with one attached hydrogen (secondary N) is 3. The van der Waals surface area contributed by atoms with Gasteiger partial charge < -0.3 is 15.6 Å². The second-order valence-corrected chi connectivity index (χ2v) is 10.8. The number of aromatic amines is 1. The zero-order chi connectivity index (χ0) is 22.1. The second kappa shape index (κ2) is 9.75. The van der Waals surface area contributed by atoms with E-state index in [-0.39, 0.29) is 11.8 Å². The van der Waals surface area contributed by atoms with Crippen LogP contribution in [0.25, 0.3) is 10.9 Å². The van der Waals surface area contributed by atoms with E-state index in [1.165, 1.54) is 25.7 Å². The number of rotatable bonds is 7. The number of nitrogens with zero attached hydrogens (tertiary/aromatic N) is 2. The molecule has 3 aliphatic rings. The lowest BCUT2D eigenvalue weighted by Gasteiger charge is -2.32. The van der Waals surface area contributed by atoms with E-state index in [1.54, 1.807) is 6.92 Å². The highest BCUT2D eigenvalue weighted by molar-refractivity contribution is 8.14. The topological polar surface area (TPSA) is 72.5 Å². The van der Waals surface area contributed by atoms with Gasteiger partial charge in [0.05, 0.1) is 29.0 Å². The van der Waals surface area contributed by atoms with Crippen LogP contribution in [-0.4, -0.2) is 70.8 Å². The van der Waals surface area contributed by atoms with Crippen LogP contribution in [0.2, 0.25) is 5.02 Å². The molecule has 5 rings (SSSR count). The fraction of sp³-hybridized carbons (Fsp3) is 0.583. The third-order valence-electron chi connectivity index (χ3n) is 6.88. The molecule has 2 fully saturated rings. The Balaban J connectivity index is 1.26. The predicted octanol–water partition coefficient (Wildman–Crippen LogP) is 4.29. The van der Waals surface area contributed by atoms with Crippen LogP contribution >= 0.6 is 23.4 Å². The highest BCUT2D eigenvalue weighted by atomic mass is 35.5. The first kappa shape index (κ1) is 22.3. The molecule has 172 valence electrons. The Morgan fingerprint density at radius 2 is 2.16 bits per heavy atom. The normalized spacial score (nSPS) is 24.9. The molecule has 6 nitrogen and oxygen atoms in total. The second-order valence-electron chi connectivity index (χ2n) is 9.33. The first-order valence-corrected chi connectivity index (χ1v) is 13.2. The molecule has 1 aliphatic carbocycles. The number of Topliss-reactive ketones (excluding diaryl/α,β-unsaturated/α-hetero) is 1. The molecule has 2 aromatic rings. The molecule has 0 spiro atoms.